The average molecular weight is 216 g/mol. The van der Waals surface area contributed by atoms with Gasteiger partial charge in [-0.2, -0.15) is 5.26 Å². The molecule has 1 unspecified atom stereocenters. The van der Waals surface area contributed by atoms with Crippen LogP contribution in [0.4, 0.5) is 5.69 Å². The quantitative estimate of drug-likeness (QED) is 0.804. The number of anilines is 1. The van der Waals surface area contributed by atoms with Crippen LogP contribution in [-0.4, -0.2) is 24.6 Å². The van der Waals surface area contributed by atoms with Crippen LogP contribution >= 0.6 is 0 Å². The lowest BCUT2D eigenvalue weighted by molar-refractivity contribution is 0.423. The van der Waals surface area contributed by atoms with E-state index in [1.165, 1.54) is 12.8 Å². The van der Waals surface area contributed by atoms with Crippen molar-refractivity contribution in [2.24, 2.45) is 11.7 Å². The molecule has 2 N–H and O–H groups in total. The maximum Gasteiger partial charge on any atom is 0.140 e. The molecule has 0 aliphatic carbocycles. The number of hydrogen-bond acceptors (Lipinski definition) is 4. The lowest BCUT2D eigenvalue weighted by Crippen LogP contribution is -2.38. The minimum atomic E-state index is 0.469. The summed E-state index contributed by atoms with van der Waals surface area (Å²) in [4.78, 5) is 6.39. The number of nitrogens with zero attached hydrogens (tertiary/aromatic N) is 3. The first-order chi connectivity index (χ1) is 7.83. The Morgan fingerprint density at radius 1 is 1.56 bits per heavy atom. The molecule has 0 bridgehead atoms. The third-order valence-corrected chi connectivity index (χ3v) is 3.08. The zero-order valence-corrected chi connectivity index (χ0v) is 9.26. The molecule has 84 valence electrons. The fourth-order valence-electron chi connectivity index (χ4n) is 2.13. The zero-order valence-electron chi connectivity index (χ0n) is 9.26. The molecule has 2 heterocycles. The molecular weight excluding hydrogens is 200 g/mol. The Morgan fingerprint density at radius 2 is 2.44 bits per heavy atom. The topological polar surface area (TPSA) is 65.9 Å². The van der Waals surface area contributed by atoms with Crippen LogP contribution < -0.4 is 10.6 Å². The summed E-state index contributed by atoms with van der Waals surface area (Å²) in [5.74, 6) is 0.587. The molecule has 1 atom stereocenters. The van der Waals surface area contributed by atoms with E-state index in [-0.39, 0.29) is 0 Å². The van der Waals surface area contributed by atoms with Crippen molar-refractivity contribution in [3.63, 3.8) is 0 Å². The number of nitrogens with two attached hydrogens (primary N) is 1. The van der Waals surface area contributed by atoms with Crippen molar-refractivity contribution in [1.29, 1.82) is 5.26 Å². The zero-order chi connectivity index (χ0) is 11.4. The highest BCUT2D eigenvalue weighted by Crippen LogP contribution is 2.21. The van der Waals surface area contributed by atoms with Gasteiger partial charge in [-0.25, -0.2) is 4.98 Å². The van der Waals surface area contributed by atoms with Gasteiger partial charge in [0.1, 0.15) is 11.8 Å². The van der Waals surface area contributed by atoms with Gasteiger partial charge in [0.15, 0.2) is 0 Å². The fourth-order valence-corrected chi connectivity index (χ4v) is 2.13. The van der Waals surface area contributed by atoms with E-state index in [4.69, 9.17) is 11.0 Å². The SMILES string of the molecule is N#Cc1ccc(N2CCCC(CN)C2)cn1. The molecule has 4 heteroatoms. The van der Waals surface area contributed by atoms with E-state index in [1.54, 1.807) is 12.3 Å². The largest absolute Gasteiger partial charge is 0.370 e. The molecule has 16 heavy (non-hydrogen) atoms. The molecule has 0 amide bonds. The summed E-state index contributed by atoms with van der Waals surface area (Å²) in [6, 6.07) is 5.76. The Kier molecular flexibility index (Phi) is 3.37. The molecular formula is C12H16N4. The van der Waals surface area contributed by atoms with Crippen LogP contribution in [0, 0.1) is 17.2 Å². The summed E-state index contributed by atoms with van der Waals surface area (Å²) < 4.78 is 0. The van der Waals surface area contributed by atoms with Gasteiger partial charge in [-0.1, -0.05) is 0 Å². The molecule has 1 aromatic heterocycles. The molecule has 1 saturated heterocycles. The highest BCUT2D eigenvalue weighted by atomic mass is 15.1. The molecule has 0 spiro atoms. The van der Waals surface area contributed by atoms with Gasteiger partial charge in [0, 0.05) is 13.1 Å². The monoisotopic (exact) mass is 216 g/mol. The normalized spacial score (nSPS) is 20.5. The summed E-state index contributed by atoms with van der Waals surface area (Å²) in [5, 5.41) is 8.68. The highest BCUT2D eigenvalue weighted by molar-refractivity contribution is 5.46. The van der Waals surface area contributed by atoms with Crippen molar-refractivity contribution in [2.75, 3.05) is 24.5 Å². The van der Waals surface area contributed by atoms with Crippen LogP contribution in [0.15, 0.2) is 18.3 Å². The van der Waals surface area contributed by atoms with Gasteiger partial charge in [-0.3, -0.25) is 0 Å². The van der Waals surface area contributed by atoms with Gasteiger partial charge >= 0.3 is 0 Å². The number of aromatic nitrogens is 1. The molecule has 2 rings (SSSR count). The van der Waals surface area contributed by atoms with Crippen LogP contribution in [-0.2, 0) is 0 Å². The van der Waals surface area contributed by atoms with E-state index < -0.39 is 0 Å². The second-order valence-corrected chi connectivity index (χ2v) is 4.20. The number of rotatable bonds is 2. The van der Waals surface area contributed by atoms with Crippen molar-refractivity contribution >= 4 is 5.69 Å². The van der Waals surface area contributed by atoms with E-state index in [1.807, 2.05) is 12.1 Å². The van der Waals surface area contributed by atoms with Crippen LogP contribution in [0.1, 0.15) is 18.5 Å². The molecule has 1 aromatic rings. The van der Waals surface area contributed by atoms with Gasteiger partial charge < -0.3 is 10.6 Å². The maximum atomic E-state index is 8.68. The van der Waals surface area contributed by atoms with Crippen LogP contribution in [0.2, 0.25) is 0 Å². The van der Waals surface area contributed by atoms with Crippen molar-refractivity contribution in [3.05, 3.63) is 24.0 Å². The fraction of sp³-hybridized carbons (Fsp3) is 0.500. The number of pyridine rings is 1. The molecule has 1 aliphatic rings. The van der Waals surface area contributed by atoms with E-state index >= 15 is 0 Å². The average Bonchev–Trinajstić information content (AvgIpc) is 2.39. The van der Waals surface area contributed by atoms with E-state index in [2.05, 4.69) is 9.88 Å². The third kappa shape index (κ3) is 2.31. The standard InChI is InChI=1S/C12H16N4/c13-6-10-2-1-5-16(9-10)12-4-3-11(7-14)15-8-12/h3-4,8,10H,1-2,5-6,9,13H2. The molecule has 1 fully saturated rings. The summed E-state index contributed by atoms with van der Waals surface area (Å²) in [5.41, 5.74) is 7.27. The lowest BCUT2D eigenvalue weighted by Gasteiger charge is -2.33. The number of hydrogen-bond donors (Lipinski definition) is 1. The minimum Gasteiger partial charge on any atom is -0.370 e. The van der Waals surface area contributed by atoms with E-state index in [0.717, 1.165) is 25.3 Å². The van der Waals surface area contributed by atoms with E-state index in [9.17, 15) is 0 Å². The summed E-state index contributed by atoms with van der Waals surface area (Å²) >= 11 is 0. The van der Waals surface area contributed by atoms with Crippen LogP contribution in [0.3, 0.4) is 0 Å². The summed E-state index contributed by atoms with van der Waals surface area (Å²) in [6.45, 7) is 2.81. The van der Waals surface area contributed by atoms with Gasteiger partial charge in [-0.15, -0.1) is 0 Å². The Hall–Kier alpha value is -1.60. The summed E-state index contributed by atoms with van der Waals surface area (Å²) in [7, 11) is 0. The Balaban J connectivity index is 2.08. The number of nitriles is 1. The van der Waals surface area contributed by atoms with Crippen molar-refractivity contribution in [1.82, 2.24) is 4.98 Å². The van der Waals surface area contributed by atoms with Gasteiger partial charge in [0.2, 0.25) is 0 Å². The summed E-state index contributed by atoms with van der Waals surface area (Å²) in [6.07, 6.45) is 4.18. The smallest absolute Gasteiger partial charge is 0.140 e. The lowest BCUT2D eigenvalue weighted by atomic mass is 9.98. The Labute approximate surface area is 95.7 Å². The predicted molar refractivity (Wildman–Crippen MR) is 62.9 cm³/mol. The Morgan fingerprint density at radius 3 is 3.06 bits per heavy atom. The van der Waals surface area contributed by atoms with Gasteiger partial charge in [-0.05, 0) is 37.4 Å². The van der Waals surface area contributed by atoms with Crippen LogP contribution in [0.25, 0.3) is 0 Å². The first-order valence-electron chi connectivity index (χ1n) is 5.64. The van der Waals surface area contributed by atoms with E-state index in [0.29, 0.717) is 11.6 Å². The maximum absolute atomic E-state index is 8.68. The third-order valence-electron chi connectivity index (χ3n) is 3.08. The molecule has 0 saturated carbocycles. The molecule has 1 aliphatic heterocycles. The minimum absolute atomic E-state index is 0.469. The highest BCUT2D eigenvalue weighted by Gasteiger charge is 2.18. The second kappa shape index (κ2) is 4.95. The van der Waals surface area contributed by atoms with Crippen molar-refractivity contribution in [3.8, 4) is 6.07 Å². The van der Waals surface area contributed by atoms with Crippen molar-refractivity contribution in [2.45, 2.75) is 12.8 Å². The Bertz CT molecular complexity index is 379. The van der Waals surface area contributed by atoms with Gasteiger partial charge in [0.25, 0.3) is 0 Å². The van der Waals surface area contributed by atoms with Gasteiger partial charge in [0.05, 0.1) is 11.9 Å². The first kappa shape index (κ1) is 10.9. The first-order valence-corrected chi connectivity index (χ1v) is 5.64. The van der Waals surface area contributed by atoms with Crippen molar-refractivity contribution < 1.29 is 0 Å². The molecule has 4 nitrogen and oxygen atoms in total. The molecule has 0 radical (unpaired) electrons. The molecule has 0 aromatic carbocycles. The second-order valence-electron chi connectivity index (χ2n) is 4.20. The number of piperidine rings is 1. The van der Waals surface area contributed by atoms with Crippen LogP contribution in [0.5, 0.6) is 0 Å². The predicted octanol–water partition coefficient (Wildman–Crippen LogP) is 1.13.